The molecule has 0 aliphatic rings. The summed E-state index contributed by atoms with van der Waals surface area (Å²) in [4.78, 5) is 0. The molecular formula is C54H34N2O. The van der Waals surface area contributed by atoms with Crippen LogP contribution >= 0.6 is 0 Å². The van der Waals surface area contributed by atoms with Gasteiger partial charge in [0.25, 0.3) is 0 Å². The van der Waals surface area contributed by atoms with Crippen molar-refractivity contribution >= 4 is 65.6 Å². The topological polar surface area (TPSA) is 23.0 Å². The Labute approximate surface area is 338 Å². The van der Waals surface area contributed by atoms with Crippen LogP contribution in [0.2, 0.25) is 0 Å². The average molecular weight is 734 g/mol. The van der Waals surface area contributed by atoms with Crippen molar-refractivity contribution in [2.45, 2.75) is 0 Å². The van der Waals surface area contributed by atoms with Gasteiger partial charge in [-0.05, 0) is 100 Å². The number of nitrogens with zero attached hydrogens (tertiary/aromatic N) is 2. The maximum Gasteiger partial charge on any atom is 0.137 e. The number of furan rings is 1. The van der Waals surface area contributed by atoms with Crippen LogP contribution in [0.4, 0.5) is 0 Å². The molecule has 12 aromatic rings. The molecule has 0 N–H and O–H groups in total. The second-order valence-electron chi connectivity index (χ2n) is 14.4. The first-order valence-electron chi connectivity index (χ1n) is 22.4. The quantitative estimate of drug-likeness (QED) is 0.173. The monoisotopic (exact) mass is 733 g/mol. The van der Waals surface area contributed by atoms with Crippen molar-refractivity contribution in [2.75, 3.05) is 0 Å². The fourth-order valence-electron chi connectivity index (χ4n) is 8.59. The first-order valence-corrected chi connectivity index (χ1v) is 18.9. The highest BCUT2D eigenvalue weighted by Crippen LogP contribution is 2.42. The van der Waals surface area contributed by atoms with Gasteiger partial charge in [-0.3, -0.25) is 0 Å². The number of hydrogen-bond donors (Lipinski definition) is 0. The van der Waals surface area contributed by atoms with Crippen molar-refractivity contribution in [3.63, 3.8) is 0 Å². The van der Waals surface area contributed by atoms with Gasteiger partial charge in [-0.2, -0.15) is 0 Å². The molecule has 3 heteroatoms. The number of hydrogen-bond acceptors (Lipinski definition) is 1. The number of aromatic nitrogens is 2. The van der Waals surface area contributed by atoms with E-state index in [1.807, 2.05) is 91.0 Å². The van der Waals surface area contributed by atoms with Crippen LogP contribution in [0.25, 0.3) is 110 Å². The standard InChI is InChI=1S/C54H34N2O/c1-3-13-35(14-4-1)37-17-11-18-40(31-37)56-50-30-26-39(33-47(50)54-42(21-12-23-51(54)56)36-15-5-2-6-16-36)38-25-29-49-46(32-38)43-19-7-9-22-48(43)55(49)41-27-28-45-44-20-8-10-24-52(44)57-53(45)34-41/h1-34H/i7D,9D,19D,22D,25D,29D,32D. The van der Waals surface area contributed by atoms with Crippen LogP contribution < -0.4 is 0 Å². The van der Waals surface area contributed by atoms with Crippen molar-refractivity contribution < 1.29 is 14.0 Å². The van der Waals surface area contributed by atoms with E-state index in [0.29, 0.717) is 22.4 Å². The van der Waals surface area contributed by atoms with Gasteiger partial charge in [0.1, 0.15) is 11.2 Å². The van der Waals surface area contributed by atoms with Crippen LogP contribution in [0.3, 0.4) is 0 Å². The highest BCUT2D eigenvalue weighted by molar-refractivity contribution is 6.17. The summed E-state index contributed by atoms with van der Waals surface area (Å²) >= 11 is 0. The van der Waals surface area contributed by atoms with E-state index < -0.39 is 12.1 Å². The third-order valence-corrected chi connectivity index (χ3v) is 11.2. The van der Waals surface area contributed by atoms with Crippen LogP contribution in [0.1, 0.15) is 9.60 Å². The molecule has 0 saturated carbocycles. The minimum Gasteiger partial charge on any atom is -0.456 e. The fraction of sp³-hybridized carbons (Fsp3) is 0. The lowest BCUT2D eigenvalue weighted by molar-refractivity contribution is 0.668. The lowest BCUT2D eigenvalue weighted by Crippen LogP contribution is -1.94. The maximum atomic E-state index is 9.97. The molecule has 3 nitrogen and oxygen atoms in total. The van der Waals surface area contributed by atoms with E-state index in [-0.39, 0.29) is 57.6 Å². The molecule has 0 aliphatic heterocycles. The molecule has 3 aromatic heterocycles. The molecule has 12 rings (SSSR count). The Morgan fingerprint density at radius 3 is 1.96 bits per heavy atom. The molecule has 266 valence electrons. The van der Waals surface area contributed by atoms with Crippen LogP contribution in [-0.4, -0.2) is 9.13 Å². The minimum atomic E-state index is -0.439. The summed E-state index contributed by atoms with van der Waals surface area (Å²) in [7, 11) is 0. The zero-order chi connectivity index (χ0) is 43.5. The zero-order valence-corrected chi connectivity index (χ0v) is 30.4. The van der Waals surface area contributed by atoms with Crippen molar-refractivity contribution in [3.8, 4) is 44.8 Å². The summed E-state index contributed by atoms with van der Waals surface area (Å²) in [5.74, 6) is 0. The van der Waals surface area contributed by atoms with Gasteiger partial charge in [0.2, 0.25) is 0 Å². The maximum absolute atomic E-state index is 9.97. The fourth-order valence-corrected chi connectivity index (χ4v) is 8.59. The zero-order valence-electron chi connectivity index (χ0n) is 37.4. The highest BCUT2D eigenvalue weighted by atomic mass is 16.3. The van der Waals surface area contributed by atoms with Gasteiger partial charge in [-0.15, -0.1) is 0 Å². The van der Waals surface area contributed by atoms with E-state index >= 15 is 0 Å². The van der Waals surface area contributed by atoms with Gasteiger partial charge in [-0.1, -0.05) is 133 Å². The summed E-state index contributed by atoms with van der Waals surface area (Å²) in [6.07, 6.45) is 0. The van der Waals surface area contributed by atoms with Crippen molar-refractivity contribution in [1.29, 1.82) is 0 Å². The van der Waals surface area contributed by atoms with Crippen LogP contribution in [0.5, 0.6) is 0 Å². The Hall–Kier alpha value is -7.62. The van der Waals surface area contributed by atoms with Gasteiger partial charge >= 0.3 is 0 Å². The van der Waals surface area contributed by atoms with E-state index in [4.69, 9.17) is 7.16 Å². The third-order valence-electron chi connectivity index (χ3n) is 11.2. The van der Waals surface area contributed by atoms with Gasteiger partial charge in [0, 0.05) is 49.8 Å². The highest BCUT2D eigenvalue weighted by Gasteiger charge is 2.19. The van der Waals surface area contributed by atoms with Gasteiger partial charge < -0.3 is 13.6 Å². The average Bonchev–Trinajstić information content (AvgIpc) is 4.01. The predicted octanol–water partition coefficient (Wildman–Crippen LogP) is 14.8. The minimum absolute atomic E-state index is 0.100. The summed E-state index contributed by atoms with van der Waals surface area (Å²) in [5, 5.41) is 3.98. The van der Waals surface area contributed by atoms with Crippen molar-refractivity contribution in [1.82, 2.24) is 9.13 Å². The molecule has 0 unspecified atom stereocenters. The van der Waals surface area contributed by atoms with E-state index in [9.17, 15) is 6.85 Å². The molecule has 0 aliphatic carbocycles. The number of fused-ring (bicyclic) bond motifs is 9. The summed E-state index contributed by atoms with van der Waals surface area (Å²) in [5.41, 5.74) is 9.87. The lowest BCUT2D eigenvalue weighted by atomic mass is 9.97. The first-order chi connectivity index (χ1) is 31.2. The molecule has 57 heavy (non-hydrogen) atoms. The molecule has 0 amide bonds. The second-order valence-corrected chi connectivity index (χ2v) is 14.4. The molecule has 0 fully saturated rings. The Balaban J connectivity index is 1.15. The predicted molar refractivity (Wildman–Crippen MR) is 239 cm³/mol. The lowest BCUT2D eigenvalue weighted by Gasteiger charge is -2.11. The first kappa shape index (κ1) is 25.5. The molecule has 0 bridgehead atoms. The third kappa shape index (κ3) is 4.92. The van der Waals surface area contributed by atoms with Gasteiger partial charge in [0.05, 0.1) is 31.7 Å². The molecule has 9 aromatic carbocycles. The number of rotatable bonds is 5. The van der Waals surface area contributed by atoms with Crippen LogP contribution in [0.15, 0.2) is 211 Å². The summed E-state index contributed by atoms with van der Waals surface area (Å²) in [6, 6.07) is 52.4. The normalized spacial score (nSPS) is 13.6. The Bertz CT molecular complexity index is 3930. The molecular weight excluding hydrogens is 693 g/mol. The molecule has 0 radical (unpaired) electrons. The van der Waals surface area contributed by atoms with E-state index in [1.54, 1.807) is 10.6 Å². The van der Waals surface area contributed by atoms with Gasteiger partial charge in [-0.25, -0.2) is 0 Å². The Morgan fingerprint density at radius 1 is 0.368 bits per heavy atom. The van der Waals surface area contributed by atoms with E-state index in [0.717, 1.165) is 60.5 Å². The van der Waals surface area contributed by atoms with E-state index in [2.05, 4.69) is 71.3 Å². The second kappa shape index (κ2) is 12.5. The SMILES string of the molecule is [2H]c1c([2H])c([2H])c2c(c1[2H])c1c([2H])c(-c3ccc4c(c3)c3c(-c5ccccc5)cccc3n4-c3cccc(-c4ccccc4)c3)c([2H])c([2H])c1n2-c1ccc2c(c1)oc1ccccc12. The summed E-state index contributed by atoms with van der Waals surface area (Å²) < 4.78 is 75.3. The number of para-hydroxylation sites is 2. The van der Waals surface area contributed by atoms with Crippen LogP contribution in [0, 0.1) is 0 Å². The smallest absolute Gasteiger partial charge is 0.137 e. The largest absolute Gasteiger partial charge is 0.456 e. The molecule has 0 saturated heterocycles. The summed E-state index contributed by atoms with van der Waals surface area (Å²) in [6.45, 7) is 0. The Kier molecular flexibility index (Phi) is 5.56. The van der Waals surface area contributed by atoms with E-state index in [1.165, 1.54) is 0 Å². The van der Waals surface area contributed by atoms with Crippen molar-refractivity contribution in [2.24, 2.45) is 0 Å². The number of benzene rings is 9. The van der Waals surface area contributed by atoms with Crippen LogP contribution in [-0.2, 0) is 0 Å². The van der Waals surface area contributed by atoms with Crippen molar-refractivity contribution in [3.05, 3.63) is 206 Å². The molecule has 0 atom stereocenters. The molecule has 0 spiro atoms. The molecule has 3 heterocycles. The van der Waals surface area contributed by atoms with Gasteiger partial charge in [0.15, 0.2) is 0 Å². The Morgan fingerprint density at radius 2 is 1.07 bits per heavy atom.